The van der Waals surface area contributed by atoms with E-state index in [1.165, 1.54) is 14.0 Å². The van der Waals surface area contributed by atoms with Gasteiger partial charge in [-0.3, -0.25) is 24.2 Å². The highest BCUT2D eigenvalue weighted by Gasteiger charge is 2.54. The van der Waals surface area contributed by atoms with Gasteiger partial charge in [-0.1, -0.05) is 62.9 Å². The predicted molar refractivity (Wildman–Crippen MR) is 281 cm³/mol. The number of benzene rings is 1. The molecule has 3 aliphatic heterocycles. The first-order chi connectivity index (χ1) is 36.2. The van der Waals surface area contributed by atoms with E-state index >= 15 is 0 Å². The normalized spacial score (nSPS) is 33.6. The molecule has 19 nitrogen and oxygen atoms in total. The summed E-state index contributed by atoms with van der Waals surface area (Å²) in [6.07, 6.45) is -3.00. The van der Waals surface area contributed by atoms with Crippen LogP contribution in [0.1, 0.15) is 112 Å². The fraction of sp³-hybridized carbons (Fsp3) is 0.679. The van der Waals surface area contributed by atoms with Crippen LogP contribution in [-0.4, -0.2) is 182 Å². The lowest BCUT2D eigenvalue weighted by molar-refractivity contribution is -0.344. The van der Waals surface area contributed by atoms with Gasteiger partial charge >= 0.3 is 23.9 Å². The van der Waals surface area contributed by atoms with Crippen LogP contribution in [-0.2, 0) is 66.6 Å². The SMILES string of the molecule is CCC(=O)O[C@@H]1CC(=O)O[C@@H](CC=Cc2cncc(Sc3ccccc3)c2)CCCN(C)C[C@H](O)[C@H](C)C[C@H](CC=O)[C@H](O[C@@H]2OC(C)[C@@H](O[C@H]3CC(C)(OC(C)=O)[C@@H](OC(=O)CC)C(C)O3)C(N(C)C)C2O)[C@H]1OC. The number of aliphatic hydroxyl groups excluding tert-OH is 2. The van der Waals surface area contributed by atoms with Gasteiger partial charge in [0, 0.05) is 74.9 Å². The maximum Gasteiger partial charge on any atom is 0.309 e. The summed E-state index contributed by atoms with van der Waals surface area (Å²) in [6, 6.07) is 11.2. The zero-order chi connectivity index (χ0) is 55.7. The molecule has 5 rings (SSSR count). The second-order valence-corrected chi connectivity index (χ2v) is 21.9. The van der Waals surface area contributed by atoms with E-state index in [2.05, 4.69) is 4.98 Å². The van der Waals surface area contributed by atoms with Crippen LogP contribution >= 0.6 is 11.8 Å². The molecule has 3 saturated heterocycles. The minimum absolute atomic E-state index is 0.0262. The van der Waals surface area contributed by atoms with Crippen LogP contribution in [0.25, 0.3) is 6.08 Å². The molecule has 2 aromatic rings. The molecular weight excluding hydrogens is 1000 g/mol. The average Bonchev–Trinajstić information content (AvgIpc) is 3.36. The summed E-state index contributed by atoms with van der Waals surface area (Å²) in [5, 5.41) is 24.1. The summed E-state index contributed by atoms with van der Waals surface area (Å²) in [4.78, 5) is 75.4. The van der Waals surface area contributed by atoms with Crippen LogP contribution < -0.4 is 0 Å². The average molecular weight is 1090 g/mol. The fourth-order valence-corrected chi connectivity index (χ4v) is 11.3. The van der Waals surface area contributed by atoms with Gasteiger partial charge in [-0.2, -0.15) is 0 Å². The standard InChI is InChI=1S/C56H83N3O16S/c1-12-45(63)71-44-29-47(65)70-40(20-17-19-38-28-42(32-57-31-38)76-41-22-15-14-16-23-41)21-18-25-59(10)33-43(62)34(3)27-39(24-26-60)52(53(44)67-11)74-55-50(66)49(58(8)9)51(35(4)69-55)73-48-30-56(7,75-37(6)61)54(36(5)68-48)72-46(64)13-2/h14-17,19,22-23,26,28,31-32,34-36,39-40,43-44,48-55,62,66H,12-13,18,20-21,24-25,27,29-30,33H2,1-11H3/t34-,35?,36?,39+,40+,43+,44-,48+,49?,50?,51-,52+,53+,54+,55+,56?/m1/s1. The minimum Gasteiger partial charge on any atom is -0.462 e. The van der Waals surface area contributed by atoms with E-state index in [0.717, 1.165) is 21.6 Å². The van der Waals surface area contributed by atoms with E-state index in [0.29, 0.717) is 32.4 Å². The van der Waals surface area contributed by atoms with Crippen molar-refractivity contribution in [3.8, 4) is 0 Å². The van der Waals surface area contributed by atoms with Crippen LogP contribution in [0.4, 0.5) is 0 Å². The molecule has 3 aliphatic rings. The van der Waals surface area contributed by atoms with E-state index in [1.54, 1.807) is 77.8 Å². The number of aldehydes is 1. The molecule has 424 valence electrons. The highest BCUT2D eigenvalue weighted by Crippen LogP contribution is 2.39. The Morgan fingerprint density at radius 2 is 1.66 bits per heavy atom. The van der Waals surface area contributed by atoms with Crippen molar-refractivity contribution in [1.29, 1.82) is 0 Å². The second kappa shape index (κ2) is 30.1. The molecule has 16 atom stereocenters. The Morgan fingerprint density at radius 3 is 2.32 bits per heavy atom. The number of hydrogen-bond donors (Lipinski definition) is 2. The molecule has 3 fully saturated rings. The number of hydrogen-bond acceptors (Lipinski definition) is 20. The molecule has 0 saturated carbocycles. The van der Waals surface area contributed by atoms with Gasteiger partial charge in [0.2, 0.25) is 0 Å². The van der Waals surface area contributed by atoms with E-state index in [1.807, 2.05) is 67.4 Å². The topological polar surface area (TPSA) is 228 Å². The fourth-order valence-electron chi connectivity index (χ4n) is 10.4. The van der Waals surface area contributed by atoms with Crippen molar-refractivity contribution in [3.63, 3.8) is 0 Å². The van der Waals surface area contributed by atoms with Crippen molar-refractivity contribution in [2.45, 2.75) is 201 Å². The van der Waals surface area contributed by atoms with E-state index < -0.39 is 127 Å². The van der Waals surface area contributed by atoms with Crippen molar-refractivity contribution in [1.82, 2.24) is 14.8 Å². The molecule has 76 heavy (non-hydrogen) atoms. The van der Waals surface area contributed by atoms with Gasteiger partial charge in [0.1, 0.15) is 36.8 Å². The van der Waals surface area contributed by atoms with Crippen molar-refractivity contribution in [3.05, 3.63) is 60.4 Å². The van der Waals surface area contributed by atoms with Crippen LogP contribution in [0.5, 0.6) is 0 Å². The zero-order valence-corrected chi connectivity index (χ0v) is 47.0. The Hall–Kier alpha value is -4.35. The molecule has 0 aliphatic carbocycles. The van der Waals surface area contributed by atoms with Crippen molar-refractivity contribution in [2.24, 2.45) is 11.8 Å². The number of nitrogens with zero attached hydrogens (tertiary/aromatic N) is 3. The summed E-state index contributed by atoms with van der Waals surface area (Å²) >= 11 is 1.60. The minimum atomic E-state index is -1.45. The molecule has 0 spiro atoms. The molecule has 2 N–H and O–H groups in total. The van der Waals surface area contributed by atoms with E-state index in [-0.39, 0.29) is 32.1 Å². The number of carbonyl (C=O) groups is 5. The molecule has 20 heteroatoms. The van der Waals surface area contributed by atoms with E-state index in [4.69, 9.17) is 42.6 Å². The molecule has 1 aromatic carbocycles. The molecule has 0 radical (unpaired) electrons. The summed E-state index contributed by atoms with van der Waals surface area (Å²) in [6.45, 7) is 12.4. The lowest BCUT2D eigenvalue weighted by Crippen LogP contribution is -2.66. The van der Waals surface area contributed by atoms with Gasteiger partial charge in [0.05, 0.1) is 36.9 Å². The third-order valence-electron chi connectivity index (χ3n) is 14.2. The maximum atomic E-state index is 14.3. The summed E-state index contributed by atoms with van der Waals surface area (Å²) < 4.78 is 56.2. The number of β-amino-alcohol motifs (C(OH)–C–C–N with tert-alkyl or cyclic N) is 1. The highest BCUT2D eigenvalue weighted by molar-refractivity contribution is 7.99. The lowest BCUT2D eigenvalue weighted by atomic mass is 9.82. The number of cyclic esters (lactones) is 1. The largest absolute Gasteiger partial charge is 0.462 e. The van der Waals surface area contributed by atoms with Crippen LogP contribution in [0.15, 0.2) is 64.7 Å². The number of aliphatic hydroxyl groups is 2. The Labute approximate surface area is 452 Å². The summed E-state index contributed by atoms with van der Waals surface area (Å²) in [5.74, 6) is -3.48. The first kappa shape index (κ1) is 62.5. The molecule has 0 amide bonds. The number of methoxy groups -OCH3 is 1. The highest BCUT2D eigenvalue weighted by atomic mass is 32.2. The predicted octanol–water partition coefficient (Wildman–Crippen LogP) is 6.18. The van der Waals surface area contributed by atoms with Crippen LogP contribution in [0.3, 0.4) is 0 Å². The van der Waals surface area contributed by atoms with Gasteiger partial charge < -0.3 is 67.4 Å². The quantitative estimate of drug-likeness (QED) is 0.0965. The van der Waals surface area contributed by atoms with Crippen LogP contribution in [0, 0.1) is 11.8 Å². The van der Waals surface area contributed by atoms with Gasteiger partial charge in [-0.15, -0.1) is 0 Å². The third kappa shape index (κ3) is 18.1. The summed E-state index contributed by atoms with van der Waals surface area (Å²) in [7, 11) is 6.80. The van der Waals surface area contributed by atoms with Gasteiger partial charge in [-0.05, 0) is 103 Å². The van der Waals surface area contributed by atoms with Gasteiger partial charge in [0.15, 0.2) is 24.3 Å². The zero-order valence-electron chi connectivity index (χ0n) is 46.1. The maximum absolute atomic E-state index is 14.3. The van der Waals surface area contributed by atoms with Crippen molar-refractivity contribution >= 4 is 48.0 Å². The number of likely N-dealkylation sites (N-methyl/N-ethyl adjacent to an activating group) is 2. The number of aromatic nitrogens is 1. The van der Waals surface area contributed by atoms with E-state index in [9.17, 15) is 34.2 Å². The first-order valence-corrected chi connectivity index (χ1v) is 27.4. The Balaban J connectivity index is 1.44. The number of pyridine rings is 1. The van der Waals surface area contributed by atoms with Gasteiger partial charge in [0.25, 0.3) is 0 Å². The number of rotatable bonds is 18. The van der Waals surface area contributed by atoms with Gasteiger partial charge in [-0.25, -0.2) is 0 Å². The lowest BCUT2D eigenvalue weighted by Gasteiger charge is -2.50. The molecular formula is C56H83N3O16S. The molecule has 1 aromatic heterocycles. The molecule has 5 unspecified atom stereocenters. The summed E-state index contributed by atoms with van der Waals surface area (Å²) in [5.41, 5.74) is -0.462. The van der Waals surface area contributed by atoms with Crippen molar-refractivity contribution < 1.29 is 76.8 Å². The smallest absolute Gasteiger partial charge is 0.309 e. The number of carbonyl (C=O) groups excluding carboxylic acids is 5. The Kier molecular flexibility index (Phi) is 24.8. The number of ether oxygens (including phenoxy) is 9. The number of esters is 4. The van der Waals surface area contributed by atoms with Crippen LogP contribution in [0.2, 0.25) is 0 Å². The molecule has 4 heterocycles. The Morgan fingerprint density at radius 1 is 0.947 bits per heavy atom. The first-order valence-electron chi connectivity index (χ1n) is 26.6. The molecule has 0 bridgehead atoms. The Bertz CT molecular complexity index is 2190. The second-order valence-electron chi connectivity index (χ2n) is 20.8. The third-order valence-corrected chi connectivity index (χ3v) is 15.2. The monoisotopic (exact) mass is 1090 g/mol. The van der Waals surface area contributed by atoms with Crippen molar-refractivity contribution in [2.75, 3.05) is 41.3 Å².